The van der Waals surface area contributed by atoms with Crippen molar-refractivity contribution in [3.8, 4) is 0 Å². The molecule has 0 saturated heterocycles. The molecule has 1 atom stereocenters. The summed E-state index contributed by atoms with van der Waals surface area (Å²) in [5, 5.41) is 9.44. The van der Waals surface area contributed by atoms with Crippen molar-refractivity contribution in [2.24, 2.45) is 10.8 Å². The van der Waals surface area contributed by atoms with E-state index in [4.69, 9.17) is 10.5 Å². The summed E-state index contributed by atoms with van der Waals surface area (Å²) in [7, 11) is 1.66. The van der Waals surface area contributed by atoms with Gasteiger partial charge in [0.05, 0.1) is 12.3 Å². The number of carbonyl (C=O) groups is 2. The molecule has 4 rings (SSSR count). The van der Waals surface area contributed by atoms with Crippen LogP contribution in [0.25, 0.3) is 10.9 Å². The fraction of sp³-hybridized carbons (Fsp3) is 0.227. The highest BCUT2D eigenvalue weighted by molar-refractivity contribution is 6.44. The fourth-order valence-electron chi connectivity index (χ4n) is 3.57. The molecule has 0 saturated carbocycles. The van der Waals surface area contributed by atoms with E-state index in [2.05, 4.69) is 15.0 Å². The van der Waals surface area contributed by atoms with Gasteiger partial charge in [-0.2, -0.15) is 5.10 Å². The second-order valence-corrected chi connectivity index (χ2v) is 7.22. The summed E-state index contributed by atoms with van der Waals surface area (Å²) < 4.78 is 20.4. The highest BCUT2D eigenvalue weighted by Crippen LogP contribution is 2.26. The van der Waals surface area contributed by atoms with Crippen LogP contribution in [0.3, 0.4) is 0 Å². The third-order valence-corrected chi connectivity index (χ3v) is 5.16. The number of anilines is 2. The highest BCUT2D eigenvalue weighted by atomic mass is 19.1. The number of carbonyl (C=O) groups excluding carboxylic acids is 2. The summed E-state index contributed by atoms with van der Waals surface area (Å²) in [6, 6.07) is 12.2. The molecule has 3 N–H and O–H groups in total. The highest BCUT2D eigenvalue weighted by Gasteiger charge is 2.35. The number of hydrogen-bond acceptors (Lipinski definition) is 5. The van der Waals surface area contributed by atoms with Gasteiger partial charge < -0.3 is 20.4 Å². The number of halogens is 1. The average molecular weight is 423 g/mol. The van der Waals surface area contributed by atoms with Crippen LogP contribution in [0.4, 0.5) is 15.8 Å². The molecule has 2 aromatic carbocycles. The van der Waals surface area contributed by atoms with Gasteiger partial charge >= 0.3 is 0 Å². The smallest absolute Gasteiger partial charge is 0.271 e. The number of primary amides is 1. The van der Waals surface area contributed by atoms with Crippen molar-refractivity contribution in [1.29, 1.82) is 0 Å². The van der Waals surface area contributed by atoms with Crippen LogP contribution in [0.2, 0.25) is 0 Å². The number of hydrogen-bond donors (Lipinski definition) is 2. The van der Waals surface area contributed by atoms with E-state index >= 15 is 0 Å². The molecule has 0 bridgehead atoms. The molecule has 9 heteroatoms. The van der Waals surface area contributed by atoms with Crippen molar-refractivity contribution in [2.45, 2.75) is 19.0 Å². The molecule has 3 aromatic rings. The SMILES string of the molecule is COCCn1ccc2cc(NC(=O)C3=NN(c4ccc(F)cc4)C(C(N)=O)C3)ccc21. The van der Waals surface area contributed by atoms with Crippen LogP contribution in [0, 0.1) is 5.82 Å². The lowest BCUT2D eigenvalue weighted by Crippen LogP contribution is -2.39. The molecule has 2 amide bonds. The van der Waals surface area contributed by atoms with Gasteiger partial charge in [-0.25, -0.2) is 4.39 Å². The number of rotatable bonds is 7. The topological polar surface area (TPSA) is 102 Å². The summed E-state index contributed by atoms with van der Waals surface area (Å²) in [6.45, 7) is 1.34. The van der Waals surface area contributed by atoms with Crippen molar-refractivity contribution < 1.29 is 18.7 Å². The van der Waals surface area contributed by atoms with Crippen LogP contribution in [0.5, 0.6) is 0 Å². The first-order valence-electron chi connectivity index (χ1n) is 9.77. The second kappa shape index (κ2) is 8.57. The largest absolute Gasteiger partial charge is 0.383 e. The van der Waals surface area contributed by atoms with Gasteiger partial charge in [0.15, 0.2) is 0 Å². The minimum absolute atomic E-state index is 0.0637. The van der Waals surface area contributed by atoms with Gasteiger partial charge in [0.25, 0.3) is 5.91 Å². The number of nitrogens with one attached hydrogen (secondary N) is 1. The monoisotopic (exact) mass is 423 g/mol. The minimum atomic E-state index is -0.816. The Hall–Kier alpha value is -3.72. The molecule has 1 aliphatic rings. The maximum atomic E-state index is 13.2. The summed E-state index contributed by atoms with van der Waals surface area (Å²) in [5.41, 5.74) is 7.79. The Morgan fingerprint density at radius 2 is 2.00 bits per heavy atom. The van der Waals surface area contributed by atoms with E-state index < -0.39 is 23.7 Å². The van der Waals surface area contributed by atoms with E-state index in [1.807, 2.05) is 30.5 Å². The third kappa shape index (κ3) is 4.26. The minimum Gasteiger partial charge on any atom is -0.383 e. The Balaban J connectivity index is 1.53. The lowest BCUT2D eigenvalue weighted by molar-refractivity contribution is -0.119. The number of aromatic nitrogens is 1. The fourth-order valence-corrected chi connectivity index (χ4v) is 3.57. The lowest BCUT2D eigenvalue weighted by atomic mass is 10.1. The maximum absolute atomic E-state index is 13.2. The molecule has 1 unspecified atom stereocenters. The molecule has 0 aliphatic carbocycles. The Kier molecular flexibility index (Phi) is 5.68. The number of benzene rings is 2. The second-order valence-electron chi connectivity index (χ2n) is 7.22. The zero-order chi connectivity index (χ0) is 22.0. The van der Waals surface area contributed by atoms with Gasteiger partial charge in [-0.15, -0.1) is 0 Å². The zero-order valence-electron chi connectivity index (χ0n) is 16.9. The van der Waals surface area contributed by atoms with Gasteiger partial charge in [0.2, 0.25) is 5.91 Å². The first kappa shape index (κ1) is 20.5. The van der Waals surface area contributed by atoms with Crippen LogP contribution >= 0.6 is 0 Å². The van der Waals surface area contributed by atoms with E-state index in [1.165, 1.54) is 29.3 Å². The van der Waals surface area contributed by atoms with E-state index in [-0.39, 0.29) is 12.1 Å². The van der Waals surface area contributed by atoms with Crippen molar-refractivity contribution in [1.82, 2.24) is 4.57 Å². The third-order valence-electron chi connectivity index (χ3n) is 5.16. The standard InChI is InChI=1S/C22H22FN5O3/c1-31-11-10-27-9-8-14-12-16(4-7-19(14)27)25-22(30)18-13-20(21(24)29)28(26-18)17-5-2-15(23)3-6-17/h2-9,12,20H,10-11,13H2,1H3,(H2,24,29)(H,25,30). The molecule has 160 valence electrons. The quantitative estimate of drug-likeness (QED) is 0.610. The molecule has 8 nitrogen and oxygen atoms in total. The van der Waals surface area contributed by atoms with E-state index in [0.29, 0.717) is 18.0 Å². The number of nitrogens with two attached hydrogens (primary N) is 1. The van der Waals surface area contributed by atoms with E-state index in [1.54, 1.807) is 7.11 Å². The van der Waals surface area contributed by atoms with E-state index in [9.17, 15) is 14.0 Å². The normalized spacial score (nSPS) is 15.9. The Labute approximate surface area is 178 Å². The Bertz CT molecular complexity index is 1160. The molecule has 0 radical (unpaired) electrons. The van der Waals surface area contributed by atoms with E-state index in [0.717, 1.165) is 17.4 Å². The van der Waals surface area contributed by atoms with Crippen molar-refractivity contribution in [2.75, 3.05) is 24.0 Å². The molecule has 1 aliphatic heterocycles. The van der Waals surface area contributed by atoms with Crippen molar-refractivity contribution >= 4 is 39.8 Å². The molecule has 0 fully saturated rings. The van der Waals surface area contributed by atoms with Crippen LogP contribution in [0.1, 0.15) is 6.42 Å². The first-order valence-corrected chi connectivity index (χ1v) is 9.77. The Morgan fingerprint density at radius 1 is 1.23 bits per heavy atom. The number of amides is 2. The lowest BCUT2D eigenvalue weighted by Gasteiger charge is -2.20. The van der Waals surface area contributed by atoms with Gasteiger partial charge in [-0.1, -0.05) is 0 Å². The molecule has 2 heterocycles. The van der Waals surface area contributed by atoms with Gasteiger partial charge in [0.1, 0.15) is 17.6 Å². The molecule has 0 spiro atoms. The summed E-state index contributed by atoms with van der Waals surface area (Å²) in [4.78, 5) is 24.7. The van der Waals surface area contributed by atoms with Crippen LogP contribution < -0.4 is 16.1 Å². The molecule has 1 aromatic heterocycles. The van der Waals surface area contributed by atoms with Gasteiger partial charge in [0, 0.05) is 42.9 Å². The number of methoxy groups -OCH3 is 1. The number of ether oxygens (including phenoxy) is 1. The van der Waals surface area contributed by atoms with Gasteiger partial charge in [-0.05, 0) is 48.5 Å². The van der Waals surface area contributed by atoms with Gasteiger partial charge in [-0.3, -0.25) is 14.6 Å². The zero-order valence-corrected chi connectivity index (χ0v) is 16.9. The van der Waals surface area contributed by atoms with Crippen molar-refractivity contribution in [3.63, 3.8) is 0 Å². The predicted octanol–water partition coefficient (Wildman–Crippen LogP) is 2.49. The predicted molar refractivity (Wildman–Crippen MR) is 116 cm³/mol. The number of fused-ring (bicyclic) bond motifs is 1. The summed E-state index contributed by atoms with van der Waals surface area (Å²) in [5.74, 6) is -1.45. The van der Waals surface area contributed by atoms with Crippen LogP contribution in [0.15, 0.2) is 59.8 Å². The van der Waals surface area contributed by atoms with Crippen LogP contribution in [-0.4, -0.2) is 41.9 Å². The van der Waals surface area contributed by atoms with Crippen LogP contribution in [-0.2, 0) is 20.9 Å². The van der Waals surface area contributed by atoms with Crippen molar-refractivity contribution in [3.05, 3.63) is 60.5 Å². The molecule has 31 heavy (non-hydrogen) atoms. The summed E-state index contributed by atoms with van der Waals surface area (Å²) in [6.07, 6.45) is 2.03. The summed E-state index contributed by atoms with van der Waals surface area (Å²) >= 11 is 0. The number of hydrazone groups is 1. The first-order chi connectivity index (χ1) is 15.0. The molecular weight excluding hydrogens is 401 g/mol. The molecular formula is C22H22FN5O3. The average Bonchev–Trinajstić information content (AvgIpc) is 3.37. The Morgan fingerprint density at radius 3 is 2.71 bits per heavy atom. The maximum Gasteiger partial charge on any atom is 0.271 e. The number of nitrogens with zero attached hydrogens (tertiary/aromatic N) is 3.